The molecular formula is C13H21FN2O2. The van der Waals surface area contributed by atoms with Crippen molar-refractivity contribution in [2.24, 2.45) is 0 Å². The van der Waals surface area contributed by atoms with Gasteiger partial charge >= 0.3 is 0 Å². The van der Waals surface area contributed by atoms with Crippen LogP contribution in [-0.4, -0.2) is 31.4 Å². The maximum absolute atomic E-state index is 14.0. The van der Waals surface area contributed by atoms with Crippen molar-refractivity contribution in [2.45, 2.75) is 26.3 Å². The molecule has 1 rings (SSSR count). The summed E-state index contributed by atoms with van der Waals surface area (Å²) in [6, 6.07) is 2.99. The van der Waals surface area contributed by atoms with Crippen molar-refractivity contribution in [3.05, 3.63) is 17.9 Å². The summed E-state index contributed by atoms with van der Waals surface area (Å²) in [7, 11) is 1.50. The summed E-state index contributed by atoms with van der Waals surface area (Å²) < 4.78 is 19.1. The number of hydrogen-bond donors (Lipinski definition) is 2. The molecule has 3 N–H and O–H groups in total. The van der Waals surface area contributed by atoms with Gasteiger partial charge in [-0.3, -0.25) is 0 Å². The van der Waals surface area contributed by atoms with Gasteiger partial charge in [0.1, 0.15) is 11.6 Å². The summed E-state index contributed by atoms with van der Waals surface area (Å²) in [5.41, 5.74) is 6.38. The summed E-state index contributed by atoms with van der Waals surface area (Å²) >= 11 is 0. The topological polar surface area (TPSA) is 58.7 Å². The van der Waals surface area contributed by atoms with Gasteiger partial charge in [0.2, 0.25) is 0 Å². The molecule has 0 unspecified atom stereocenters. The van der Waals surface area contributed by atoms with E-state index in [0.717, 1.165) is 0 Å². The highest BCUT2D eigenvalue weighted by Crippen LogP contribution is 2.31. The second-order valence-corrected chi connectivity index (χ2v) is 4.41. The van der Waals surface area contributed by atoms with Crippen LogP contribution >= 0.6 is 0 Å². The lowest BCUT2D eigenvalue weighted by Gasteiger charge is -2.29. The molecule has 0 aromatic heterocycles. The summed E-state index contributed by atoms with van der Waals surface area (Å²) in [4.78, 5) is 1.88. The van der Waals surface area contributed by atoms with Crippen molar-refractivity contribution in [1.82, 2.24) is 0 Å². The Labute approximate surface area is 107 Å². The van der Waals surface area contributed by atoms with Crippen LogP contribution in [0.1, 0.15) is 20.3 Å². The fraction of sp³-hybridized carbons (Fsp3) is 0.538. The van der Waals surface area contributed by atoms with Gasteiger partial charge in [-0.25, -0.2) is 4.39 Å². The van der Waals surface area contributed by atoms with Gasteiger partial charge in [0, 0.05) is 31.3 Å². The number of methoxy groups -OCH3 is 1. The van der Waals surface area contributed by atoms with Crippen molar-refractivity contribution in [3.63, 3.8) is 0 Å². The Hall–Kier alpha value is -1.49. The van der Waals surface area contributed by atoms with Gasteiger partial charge in [0.25, 0.3) is 0 Å². The second-order valence-electron chi connectivity index (χ2n) is 4.41. The molecule has 0 aliphatic carbocycles. The number of anilines is 2. The van der Waals surface area contributed by atoms with E-state index in [-0.39, 0.29) is 24.2 Å². The molecule has 0 saturated heterocycles. The average Bonchev–Trinajstić information content (AvgIpc) is 2.31. The van der Waals surface area contributed by atoms with Crippen molar-refractivity contribution in [1.29, 1.82) is 0 Å². The van der Waals surface area contributed by atoms with E-state index in [1.54, 1.807) is 6.07 Å². The average molecular weight is 256 g/mol. The number of nitrogen functional groups attached to an aromatic ring is 1. The van der Waals surface area contributed by atoms with Gasteiger partial charge in [-0.1, -0.05) is 0 Å². The van der Waals surface area contributed by atoms with Crippen LogP contribution in [0, 0.1) is 5.82 Å². The minimum Gasteiger partial charge on any atom is -0.495 e. The Morgan fingerprint density at radius 3 is 2.61 bits per heavy atom. The molecule has 0 aliphatic rings. The monoisotopic (exact) mass is 256 g/mol. The molecule has 102 valence electrons. The lowest BCUT2D eigenvalue weighted by molar-refractivity contribution is 0.288. The maximum atomic E-state index is 14.0. The third-order valence-electron chi connectivity index (χ3n) is 2.79. The van der Waals surface area contributed by atoms with Gasteiger partial charge in [0.05, 0.1) is 18.5 Å². The first-order valence-corrected chi connectivity index (χ1v) is 6.01. The first kappa shape index (κ1) is 14.6. The van der Waals surface area contributed by atoms with Crippen LogP contribution in [0.25, 0.3) is 0 Å². The van der Waals surface area contributed by atoms with E-state index in [2.05, 4.69) is 0 Å². The summed E-state index contributed by atoms with van der Waals surface area (Å²) in [6.45, 7) is 4.61. The number of aliphatic hydroxyl groups excluding tert-OH is 1. The standard InChI is InChI=1S/C13H21FN2O2/c1-9(2)16(5-4-6-17)12-8-13(18-3)11(15)7-10(12)14/h7-9,17H,4-6,15H2,1-3H3. The molecule has 0 bridgehead atoms. The molecule has 0 spiro atoms. The Kier molecular flexibility index (Phi) is 5.22. The highest BCUT2D eigenvalue weighted by Gasteiger charge is 2.17. The molecule has 0 heterocycles. The number of nitrogens with two attached hydrogens (primary N) is 1. The van der Waals surface area contributed by atoms with E-state index in [9.17, 15) is 4.39 Å². The predicted octanol–water partition coefficient (Wildman–Crippen LogP) is 2.01. The molecule has 5 heteroatoms. The Morgan fingerprint density at radius 2 is 2.11 bits per heavy atom. The normalized spacial score (nSPS) is 10.8. The molecule has 1 aromatic carbocycles. The summed E-state index contributed by atoms with van der Waals surface area (Å²) in [5.74, 6) is 0.0842. The maximum Gasteiger partial charge on any atom is 0.148 e. The lowest BCUT2D eigenvalue weighted by Crippen LogP contribution is -2.33. The van der Waals surface area contributed by atoms with Gasteiger partial charge in [0.15, 0.2) is 0 Å². The lowest BCUT2D eigenvalue weighted by atomic mass is 10.2. The van der Waals surface area contributed by atoms with E-state index in [1.165, 1.54) is 13.2 Å². The van der Waals surface area contributed by atoms with E-state index in [4.69, 9.17) is 15.6 Å². The quantitative estimate of drug-likeness (QED) is 0.764. The van der Waals surface area contributed by atoms with Gasteiger partial charge in [-0.05, 0) is 20.3 Å². The number of hydrogen-bond acceptors (Lipinski definition) is 4. The predicted molar refractivity (Wildman–Crippen MR) is 71.5 cm³/mol. The molecule has 0 saturated carbocycles. The van der Waals surface area contributed by atoms with Crippen molar-refractivity contribution in [3.8, 4) is 5.75 Å². The van der Waals surface area contributed by atoms with Crippen molar-refractivity contribution < 1.29 is 14.2 Å². The van der Waals surface area contributed by atoms with Crippen LogP contribution in [-0.2, 0) is 0 Å². The molecule has 0 amide bonds. The Bertz CT molecular complexity index is 397. The highest BCUT2D eigenvalue weighted by molar-refractivity contribution is 5.63. The van der Waals surface area contributed by atoms with Crippen LogP contribution in [0.15, 0.2) is 12.1 Å². The number of aliphatic hydroxyl groups is 1. The first-order chi connectivity index (χ1) is 8.51. The van der Waals surface area contributed by atoms with E-state index < -0.39 is 0 Å². The smallest absolute Gasteiger partial charge is 0.148 e. The molecule has 18 heavy (non-hydrogen) atoms. The molecule has 0 fully saturated rings. The fourth-order valence-electron chi connectivity index (χ4n) is 1.85. The molecule has 0 aliphatic heterocycles. The Morgan fingerprint density at radius 1 is 1.44 bits per heavy atom. The minimum absolute atomic E-state index is 0.0803. The molecule has 4 nitrogen and oxygen atoms in total. The number of ether oxygens (including phenoxy) is 1. The Balaban J connectivity index is 3.10. The number of benzene rings is 1. The van der Waals surface area contributed by atoms with Crippen LogP contribution in [0.4, 0.5) is 15.8 Å². The third kappa shape index (κ3) is 3.26. The summed E-state index contributed by atoms with van der Waals surface area (Å²) in [6.07, 6.45) is 0.588. The van der Waals surface area contributed by atoms with Crippen LogP contribution in [0.5, 0.6) is 5.75 Å². The van der Waals surface area contributed by atoms with Crippen LogP contribution < -0.4 is 15.4 Å². The zero-order chi connectivity index (χ0) is 13.7. The van der Waals surface area contributed by atoms with E-state index in [0.29, 0.717) is 24.4 Å². The van der Waals surface area contributed by atoms with Crippen LogP contribution in [0.2, 0.25) is 0 Å². The largest absolute Gasteiger partial charge is 0.495 e. The van der Waals surface area contributed by atoms with Crippen molar-refractivity contribution in [2.75, 3.05) is 30.9 Å². The zero-order valence-electron chi connectivity index (χ0n) is 11.1. The molecule has 0 atom stereocenters. The summed E-state index contributed by atoms with van der Waals surface area (Å²) in [5, 5.41) is 8.89. The van der Waals surface area contributed by atoms with Crippen molar-refractivity contribution >= 4 is 11.4 Å². The molecule has 0 radical (unpaired) electrons. The van der Waals surface area contributed by atoms with E-state index in [1.807, 2.05) is 18.7 Å². The number of nitrogens with zero attached hydrogens (tertiary/aromatic N) is 1. The van der Waals surface area contributed by atoms with Gasteiger partial charge in [-0.2, -0.15) is 0 Å². The third-order valence-corrected chi connectivity index (χ3v) is 2.79. The number of rotatable bonds is 6. The zero-order valence-corrected chi connectivity index (χ0v) is 11.1. The second kappa shape index (κ2) is 6.44. The SMILES string of the molecule is COc1cc(N(CCCO)C(C)C)c(F)cc1N. The highest BCUT2D eigenvalue weighted by atomic mass is 19.1. The van der Waals surface area contributed by atoms with Crippen LogP contribution in [0.3, 0.4) is 0 Å². The molecule has 1 aromatic rings. The first-order valence-electron chi connectivity index (χ1n) is 6.01. The van der Waals surface area contributed by atoms with Gasteiger partial charge in [-0.15, -0.1) is 0 Å². The van der Waals surface area contributed by atoms with Gasteiger partial charge < -0.3 is 20.5 Å². The van der Waals surface area contributed by atoms with E-state index >= 15 is 0 Å². The minimum atomic E-state index is -0.375. The molecular weight excluding hydrogens is 235 g/mol. The number of halogens is 1. The fourth-order valence-corrected chi connectivity index (χ4v) is 1.85.